The van der Waals surface area contributed by atoms with Gasteiger partial charge in [-0.25, -0.2) is 12.8 Å². The molecule has 0 aromatic heterocycles. The van der Waals surface area contributed by atoms with Crippen LogP contribution in [0.1, 0.15) is 12.0 Å². The standard InChI is InChI=1S/C13H17FO3S/c1-3-4-12(14)13(15)9-18(16,17)11-7-5-10(2)6-8-11/h3,5-8,12-13,15H,1,4,9H2,2H3/t12-,13-/m0/s1. The zero-order valence-electron chi connectivity index (χ0n) is 10.2. The predicted octanol–water partition coefficient (Wildman–Crippen LogP) is 2.04. The van der Waals surface area contributed by atoms with Crippen molar-refractivity contribution in [1.29, 1.82) is 0 Å². The Kier molecular flexibility index (Phi) is 5.04. The van der Waals surface area contributed by atoms with E-state index in [2.05, 4.69) is 6.58 Å². The molecule has 0 amide bonds. The third-order valence-corrected chi connectivity index (χ3v) is 4.35. The number of alkyl halides is 1. The van der Waals surface area contributed by atoms with Crippen molar-refractivity contribution in [3.63, 3.8) is 0 Å². The van der Waals surface area contributed by atoms with Crippen molar-refractivity contribution in [3.05, 3.63) is 42.5 Å². The normalized spacial score (nSPS) is 15.1. The average molecular weight is 272 g/mol. The van der Waals surface area contributed by atoms with Gasteiger partial charge in [0, 0.05) is 0 Å². The molecule has 1 aromatic carbocycles. The number of aliphatic hydroxyl groups excluding tert-OH is 1. The fraction of sp³-hybridized carbons (Fsp3) is 0.385. The lowest BCUT2D eigenvalue weighted by Crippen LogP contribution is -2.30. The number of hydrogen-bond acceptors (Lipinski definition) is 3. The minimum absolute atomic E-state index is 0.0649. The summed E-state index contributed by atoms with van der Waals surface area (Å²) in [5.41, 5.74) is 0.935. The van der Waals surface area contributed by atoms with Crippen molar-refractivity contribution < 1.29 is 17.9 Å². The highest BCUT2D eigenvalue weighted by Crippen LogP contribution is 2.16. The minimum Gasteiger partial charge on any atom is -0.389 e. The highest BCUT2D eigenvalue weighted by Gasteiger charge is 2.25. The monoisotopic (exact) mass is 272 g/mol. The molecule has 0 heterocycles. The predicted molar refractivity (Wildman–Crippen MR) is 68.9 cm³/mol. The average Bonchev–Trinajstić information content (AvgIpc) is 2.29. The second-order valence-electron chi connectivity index (χ2n) is 4.20. The number of aliphatic hydroxyl groups is 1. The Balaban J connectivity index is 2.82. The van der Waals surface area contributed by atoms with Gasteiger partial charge in [-0.2, -0.15) is 0 Å². The Bertz CT molecular complexity index is 493. The fourth-order valence-corrected chi connectivity index (χ4v) is 2.89. The van der Waals surface area contributed by atoms with Gasteiger partial charge in [0.2, 0.25) is 0 Å². The molecule has 0 aliphatic rings. The van der Waals surface area contributed by atoms with Gasteiger partial charge in [0.25, 0.3) is 0 Å². The Morgan fingerprint density at radius 2 is 1.94 bits per heavy atom. The summed E-state index contributed by atoms with van der Waals surface area (Å²) < 4.78 is 37.1. The number of rotatable bonds is 6. The molecule has 18 heavy (non-hydrogen) atoms. The first kappa shape index (κ1) is 14.9. The summed E-state index contributed by atoms with van der Waals surface area (Å²) in [5.74, 6) is -0.620. The van der Waals surface area contributed by atoms with E-state index in [1.165, 1.54) is 18.2 Å². The summed E-state index contributed by atoms with van der Waals surface area (Å²) in [5, 5.41) is 9.50. The third-order valence-electron chi connectivity index (χ3n) is 2.58. The molecule has 2 atom stereocenters. The molecule has 0 aliphatic heterocycles. The van der Waals surface area contributed by atoms with Crippen LogP contribution in [0.25, 0.3) is 0 Å². The highest BCUT2D eigenvalue weighted by atomic mass is 32.2. The number of sulfone groups is 1. The summed E-state index contributed by atoms with van der Waals surface area (Å²) in [6.07, 6.45) is -1.89. The molecule has 1 N–H and O–H groups in total. The van der Waals surface area contributed by atoms with Gasteiger partial charge < -0.3 is 5.11 Å². The van der Waals surface area contributed by atoms with Crippen LogP contribution in [0.2, 0.25) is 0 Å². The first-order valence-corrected chi connectivity index (χ1v) is 7.24. The van der Waals surface area contributed by atoms with Gasteiger partial charge in [-0.1, -0.05) is 23.8 Å². The molecule has 0 saturated heterocycles. The largest absolute Gasteiger partial charge is 0.389 e. The van der Waals surface area contributed by atoms with Crippen LogP contribution in [0.3, 0.4) is 0 Å². The molecule has 0 radical (unpaired) electrons. The lowest BCUT2D eigenvalue weighted by molar-refractivity contribution is 0.0971. The summed E-state index contributed by atoms with van der Waals surface area (Å²) in [6, 6.07) is 6.24. The molecular weight excluding hydrogens is 255 g/mol. The van der Waals surface area contributed by atoms with Crippen LogP contribution >= 0.6 is 0 Å². The Hall–Kier alpha value is -1.20. The van der Waals surface area contributed by atoms with E-state index in [0.717, 1.165) is 5.56 Å². The molecule has 1 rings (SSSR count). The molecule has 3 nitrogen and oxygen atoms in total. The highest BCUT2D eigenvalue weighted by molar-refractivity contribution is 7.91. The zero-order valence-corrected chi connectivity index (χ0v) is 11.0. The molecule has 0 fully saturated rings. The SMILES string of the molecule is C=CC[C@H](F)[C@@H](O)CS(=O)(=O)c1ccc(C)cc1. The molecule has 0 saturated carbocycles. The van der Waals surface area contributed by atoms with E-state index in [0.29, 0.717) is 0 Å². The van der Waals surface area contributed by atoms with E-state index < -0.39 is 27.9 Å². The van der Waals surface area contributed by atoms with Crippen LogP contribution < -0.4 is 0 Å². The fourth-order valence-electron chi connectivity index (χ4n) is 1.49. The van der Waals surface area contributed by atoms with Crippen molar-refractivity contribution in [2.45, 2.75) is 30.5 Å². The molecule has 5 heteroatoms. The van der Waals surface area contributed by atoms with E-state index >= 15 is 0 Å². The number of benzene rings is 1. The lowest BCUT2D eigenvalue weighted by atomic mass is 10.2. The zero-order chi connectivity index (χ0) is 13.8. The Morgan fingerprint density at radius 1 is 1.39 bits per heavy atom. The molecule has 0 unspecified atom stereocenters. The molecular formula is C13H17FO3S. The van der Waals surface area contributed by atoms with Gasteiger partial charge >= 0.3 is 0 Å². The number of aryl methyl sites for hydroxylation is 1. The van der Waals surface area contributed by atoms with Crippen LogP contribution in [0.5, 0.6) is 0 Å². The van der Waals surface area contributed by atoms with Gasteiger partial charge in [0.05, 0.1) is 16.8 Å². The third kappa shape index (κ3) is 3.92. The second-order valence-corrected chi connectivity index (χ2v) is 6.24. The maximum Gasteiger partial charge on any atom is 0.181 e. The maximum absolute atomic E-state index is 13.3. The topological polar surface area (TPSA) is 54.4 Å². The molecule has 1 aromatic rings. The van der Waals surface area contributed by atoms with Crippen molar-refractivity contribution in [2.75, 3.05) is 5.75 Å². The first-order chi connectivity index (χ1) is 8.36. The van der Waals surface area contributed by atoms with Crippen LogP contribution in [0.4, 0.5) is 4.39 Å². The summed E-state index contributed by atoms with van der Waals surface area (Å²) in [7, 11) is -3.66. The molecule has 100 valence electrons. The van der Waals surface area contributed by atoms with E-state index in [1.54, 1.807) is 12.1 Å². The molecule has 0 aliphatic carbocycles. The summed E-state index contributed by atoms with van der Waals surface area (Å²) in [4.78, 5) is 0.0953. The van der Waals surface area contributed by atoms with Crippen molar-refractivity contribution in [3.8, 4) is 0 Å². The van der Waals surface area contributed by atoms with Crippen LogP contribution in [-0.2, 0) is 9.84 Å². The van der Waals surface area contributed by atoms with Crippen molar-refractivity contribution in [1.82, 2.24) is 0 Å². The van der Waals surface area contributed by atoms with E-state index in [9.17, 15) is 17.9 Å². The Morgan fingerprint density at radius 3 is 2.44 bits per heavy atom. The van der Waals surface area contributed by atoms with Crippen molar-refractivity contribution in [2.24, 2.45) is 0 Å². The number of halogens is 1. The van der Waals surface area contributed by atoms with Gasteiger partial charge in [-0.05, 0) is 25.5 Å². The Labute approximate surface area is 107 Å². The van der Waals surface area contributed by atoms with Crippen LogP contribution in [0.15, 0.2) is 41.8 Å². The molecule has 0 spiro atoms. The van der Waals surface area contributed by atoms with Crippen LogP contribution in [0, 0.1) is 6.92 Å². The minimum atomic E-state index is -3.66. The van der Waals surface area contributed by atoms with Gasteiger partial charge in [-0.3, -0.25) is 0 Å². The van der Waals surface area contributed by atoms with Gasteiger partial charge in [-0.15, -0.1) is 6.58 Å². The lowest BCUT2D eigenvalue weighted by Gasteiger charge is -2.14. The summed E-state index contributed by atoms with van der Waals surface area (Å²) >= 11 is 0. The van der Waals surface area contributed by atoms with Gasteiger partial charge in [0.15, 0.2) is 9.84 Å². The smallest absolute Gasteiger partial charge is 0.181 e. The van der Waals surface area contributed by atoms with Gasteiger partial charge in [0.1, 0.15) is 6.17 Å². The quantitative estimate of drug-likeness (QED) is 0.806. The summed E-state index contributed by atoms with van der Waals surface area (Å²) in [6.45, 7) is 5.19. The van der Waals surface area contributed by atoms with E-state index in [-0.39, 0.29) is 11.3 Å². The first-order valence-electron chi connectivity index (χ1n) is 5.59. The number of allylic oxidation sites excluding steroid dienone is 1. The molecule has 0 bridgehead atoms. The van der Waals surface area contributed by atoms with E-state index in [1.807, 2.05) is 6.92 Å². The number of hydrogen-bond donors (Lipinski definition) is 1. The van der Waals surface area contributed by atoms with Crippen molar-refractivity contribution >= 4 is 9.84 Å². The second kappa shape index (κ2) is 6.11. The van der Waals surface area contributed by atoms with Crippen LogP contribution in [-0.4, -0.2) is 31.6 Å². The van der Waals surface area contributed by atoms with E-state index in [4.69, 9.17) is 0 Å². The maximum atomic E-state index is 13.3.